The van der Waals surface area contributed by atoms with Gasteiger partial charge in [0.15, 0.2) is 0 Å². The molecular formula is C29H35N5O6. The molecule has 4 amide bonds. The second kappa shape index (κ2) is 10.6. The van der Waals surface area contributed by atoms with Gasteiger partial charge in [0.05, 0.1) is 7.11 Å². The molecule has 2 aliphatic heterocycles. The maximum atomic E-state index is 13.9. The van der Waals surface area contributed by atoms with Gasteiger partial charge in [-0.25, -0.2) is 0 Å². The number of fused-ring (bicyclic) bond motifs is 2. The average molecular weight is 550 g/mol. The summed E-state index contributed by atoms with van der Waals surface area (Å²) in [5.74, 6) is -1.57. The highest BCUT2D eigenvalue weighted by Crippen LogP contribution is 2.43. The summed E-state index contributed by atoms with van der Waals surface area (Å²) in [7, 11) is 1.57. The molecule has 0 spiro atoms. The fourth-order valence-corrected chi connectivity index (χ4v) is 6.64. The smallest absolute Gasteiger partial charge is 0.289 e. The molecule has 4 aliphatic rings. The number of aromatic nitrogens is 1. The molecule has 3 N–H and O–H groups in total. The van der Waals surface area contributed by atoms with Gasteiger partial charge < -0.3 is 30.2 Å². The summed E-state index contributed by atoms with van der Waals surface area (Å²) in [5, 5.41) is 6.28. The Labute approximate surface area is 232 Å². The van der Waals surface area contributed by atoms with Crippen molar-refractivity contribution in [3.8, 4) is 5.75 Å². The van der Waals surface area contributed by atoms with E-state index in [1.165, 1.54) is 4.90 Å². The highest BCUT2D eigenvalue weighted by molar-refractivity contribution is 6.38. The molecule has 4 atom stereocenters. The van der Waals surface area contributed by atoms with Gasteiger partial charge in [-0.15, -0.1) is 0 Å². The van der Waals surface area contributed by atoms with E-state index in [2.05, 4.69) is 15.6 Å². The summed E-state index contributed by atoms with van der Waals surface area (Å²) >= 11 is 0. The van der Waals surface area contributed by atoms with Crippen molar-refractivity contribution in [3.05, 3.63) is 30.0 Å². The monoisotopic (exact) mass is 549 g/mol. The Bertz CT molecular complexity index is 1370. The maximum absolute atomic E-state index is 13.9. The molecule has 1 aromatic heterocycles. The molecule has 11 nitrogen and oxygen atoms in total. The number of carbonyl (C=O) groups is 5. The summed E-state index contributed by atoms with van der Waals surface area (Å²) in [6.45, 7) is 0.864. The van der Waals surface area contributed by atoms with Crippen molar-refractivity contribution in [1.82, 2.24) is 25.4 Å². The first-order valence-corrected chi connectivity index (χ1v) is 14.2. The maximum Gasteiger partial charge on any atom is 0.289 e. The minimum absolute atomic E-state index is 0.0154. The van der Waals surface area contributed by atoms with Gasteiger partial charge in [-0.1, -0.05) is 12.5 Å². The van der Waals surface area contributed by atoms with Crippen LogP contribution in [0.4, 0.5) is 0 Å². The lowest BCUT2D eigenvalue weighted by Crippen LogP contribution is -2.58. The Morgan fingerprint density at radius 1 is 1.12 bits per heavy atom. The number of hydrogen-bond donors (Lipinski definition) is 3. The van der Waals surface area contributed by atoms with Crippen molar-refractivity contribution in [1.29, 1.82) is 0 Å². The molecule has 0 bridgehead atoms. The van der Waals surface area contributed by atoms with Gasteiger partial charge in [0.1, 0.15) is 23.5 Å². The number of hydrogen-bond acceptors (Lipinski definition) is 6. The first-order chi connectivity index (χ1) is 19.3. The molecule has 2 aliphatic carbocycles. The van der Waals surface area contributed by atoms with Crippen LogP contribution >= 0.6 is 0 Å². The lowest BCUT2D eigenvalue weighted by molar-refractivity contribution is -0.141. The summed E-state index contributed by atoms with van der Waals surface area (Å²) in [4.78, 5) is 72.3. The van der Waals surface area contributed by atoms with E-state index in [1.54, 1.807) is 18.1 Å². The highest BCUT2D eigenvalue weighted by atomic mass is 16.5. The SMILES string of the molecule is COc1cccc2[nH]c(C(=O)N3C[C@@H]4CCC[C@@H]4[C@H]3C(=O)N[C@H](CN3CCCC3=O)C(=O)C(=O)NC3CC3)cc12. The van der Waals surface area contributed by atoms with Crippen molar-refractivity contribution in [3.63, 3.8) is 0 Å². The van der Waals surface area contributed by atoms with Gasteiger partial charge in [-0.3, -0.25) is 24.0 Å². The van der Waals surface area contributed by atoms with Crippen molar-refractivity contribution in [2.24, 2.45) is 11.8 Å². The van der Waals surface area contributed by atoms with Gasteiger partial charge in [-0.05, 0) is 62.1 Å². The molecule has 212 valence electrons. The average Bonchev–Trinajstić information content (AvgIpc) is 3.30. The van der Waals surface area contributed by atoms with Gasteiger partial charge >= 0.3 is 0 Å². The van der Waals surface area contributed by atoms with Crippen LogP contribution in [0, 0.1) is 11.8 Å². The largest absolute Gasteiger partial charge is 0.496 e. The zero-order valence-electron chi connectivity index (χ0n) is 22.6. The number of nitrogens with one attached hydrogen (secondary N) is 3. The predicted molar refractivity (Wildman–Crippen MR) is 144 cm³/mol. The molecule has 0 unspecified atom stereocenters. The molecule has 11 heteroatoms. The van der Waals surface area contributed by atoms with Crippen LogP contribution in [0.3, 0.4) is 0 Å². The van der Waals surface area contributed by atoms with Crippen molar-refractivity contribution in [2.75, 3.05) is 26.7 Å². The van der Waals surface area contributed by atoms with Crippen LogP contribution in [0.1, 0.15) is 55.4 Å². The van der Waals surface area contributed by atoms with E-state index in [0.717, 1.165) is 43.0 Å². The lowest BCUT2D eigenvalue weighted by Gasteiger charge is -2.30. The van der Waals surface area contributed by atoms with E-state index >= 15 is 0 Å². The molecule has 1 aromatic carbocycles. The standard InChI is InChI=1S/C29H35N5O6/c1-40-23-8-3-7-20-19(23)13-21(31-20)29(39)34-14-16-5-2-6-18(16)25(34)27(37)32-22(15-33-12-4-9-24(33)35)26(36)28(38)30-17-10-11-17/h3,7-8,13,16-18,22,25,31H,2,4-6,9-12,14-15H2,1H3,(H,30,38)(H,32,37)/t16-,18-,22+,25-/m0/s1. The Balaban J connectivity index is 1.25. The van der Waals surface area contributed by atoms with Crippen molar-refractivity contribution in [2.45, 2.75) is 63.1 Å². The number of amides is 4. The van der Waals surface area contributed by atoms with E-state index in [1.807, 2.05) is 18.2 Å². The quantitative estimate of drug-likeness (QED) is 0.404. The third-order valence-corrected chi connectivity index (χ3v) is 8.84. The summed E-state index contributed by atoms with van der Waals surface area (Å²) in [5.41, 5.74) is 1.11. The topological polar surface area (TPSA) is 141 Å². The van der Waals surface area contributed by atoms with Crippen molar-refractivity contribution < 1.29 is 28.7 Å². The zero-order chi connectivity index (χ0) is 28.0. The molecule has 3 heterocycles. The third-order valence-electron chi connectivity index (χ3n) is 8.84. The number of ether oxygens (including phenoxy) is 1. The first-order valence-electron chi connectivity index (χ1n) is 14.2. The molecule has 2 aromatic rings. The number of methoxy groups -OCH3 is 1. The van der Waals surface area contributed by atoms with Gasteiger partial charge in [0.2, 0.25) is 17.6 Å². The Hall–Kier alpha value is -3.89. The molecule has 0 radical (unpaired) electrons. The number of benzene rings is 1. The minimum Gasteiger partial charge on any atom is -0.496 e. The van der Waals surface area contributed by atoms with Crippen LogP contribution in [0.5, 0.6) is 5.75 Å². The van der Waals surface area contributed by atoms with Gasteiger partial charge in [-0.2, -0.15) is 0 Å². The van der Waals surface area contributed by atoms with Crippen LogP contribution in [-0.4, -0.2) is 89.1 Å². The number of nitrogens with zero attached hydrogens (tertiary/aromatic N) is 2. The number of aromatic amines is 1. The van der Waals surface area contributed by atoms with Crippen LogP contribution in [0.15, 0.2) is 24.3 Å². The molecule has 4 fully saturated rings. The Morgan fingerprint density at radius 3 is 2.67 bits per heavy atom. The van der Waals surface area contributed by atoms with E-state index in [0.29, 0.717) is 37.4 Å². The molecule has 2 saturated heterocycles. The molecule has 6 rings (SSSR count). The fraction of sp³-hybridized carbons (Fsp3) is 0.552. The molecule has 2 saturated carbocycles. The number of carbonyl (C=O) groups excluding carboxylic acids is 5. The van der Waals surface area contributed by atoms with Crippen LogP contribution in [0.25, 0.3) is 10.9 Å². The van der Waals surface area contributed by atoms with Gasteiger partial charge in [0, 0.05) is 43.0 Å². The van der Waals surface area contributed by atoms with Crippen molar-refractivity contribution >= 4 is 40.3 Å². The first kappa shape index (κ1) is 26.3. The predicted octanol–water partition coefficient (Wildman–Crippen LogP) is 1.37. The molecule has 40 heavy (non-hydrogen) atoms. The summed E-state index contributed by atoms with van der Waals surface area (Å²) in [6.07, 6.45) is 5.40. The number of likely N-dealkylation sites (tertiary alicyclic amines) is 2. The van der Waals surface area contributed by atoms with Crippen LogP contribution < -0.4 is 15.4 Å². The second-order valence-corrected chi connectivity index (χ2v) is 11.5. The van der Waals surface area contributed by atoms with E-state index in [-0.39, 0.29) is 36.2 Å². The highest BCUT2D eigenvalue weighted by Gasteiger charge is 2.50. The normalized spacial score (nSPS) is 24.7. The van der Waals surface area contributed by atoms with Gasteiger partial charge in [0.25, 0.3) is 11.8 Å². The second-order valence-electron chi connectivity index (χ2n) is 11.5. The molecular weight excluding hydrogens is 514 g/mol. The number of ketones is 1. The summed E-state index contributed by atoms with van der Waals surface area (Å²) < 4.78 is 5.44. The number of H-pyrrole nitrogens is 1. The fourth-order valence-electron chi connectivity index (χ4n) is 6.64. The Morgan fingerprint density at radius 2 is 1.95 bits per heavy atom. The van der Waals surface area contributed by atoms with E-state index in [4.69, 9.17) is 4.74 Å². The summed E-state index contributed by atoms with van der Waals surface area (Å²) in [6, 6.07) is 5.30. The lowest BCUT2D eigenvalue weighted by atomic mass is 9.93. The van der Waals surface area contributed by atoms with Crippen LogP contribution in [-0.2, 0) is 19.2 Å². The number of rotatable bonds is 9. The van der Waals surface area contributed by atoms with Crippen LogP contribution in [0.2, 0.25) is 0 Å². The zero-order valence-corrected chi connectivity index (χ0v) is 22.6. The van der Waals surface area contributed by atoms with E-state index in [9.17, 15) is 24.0 Å². The van der Waals surface area contributed by atoms with E-state index < -0.39 is 29.7 Å². The third kappa shape index (κ3) is 4.93. The minimum atomic E-state index is -1.18. The Kier molecular flexibility index (Phi) is 6.97. The number of Topliss-reactive ketones (excluding diaryl/α,β-unsaturated/α-hetero) is 1.